The predicted octanol–water partition coefficient (Wildman–Crippen LogP) is 5.77. The minimum absolute atomic E-state index is 0.302. The first-order valence-corrected chi connectivity index (χ1v) is 10.0. The van der Waals surface area contributed by atoms with Crippen molar-refractivity contribution in [2.75, 3.05) is 19.7 Å². The van der Waals surface area contributed by atoms with Crippen LogP contribution < -0.4 is 5.32 Å². The van der Waals surface area contributed by atoms with Crippen LogP contribution in [0.1, 0.15) is 90.4 Å². The molecule has 23 heavy (non-hydrogen) atoms. The van der Waals surface area contributed by atoms with Crippen LogP contribution in [-0.4, -0.2) is 24.8 Å². The van der Waals surface area contributed by atoms with Crippen molar-refractivity contribution < 1.29 is 5.11 Å². The van der Waals surface area contributed by atoms with Crippen molar-refractivity contribution in [1.82, 2.24) is 5.32 Å². The summed E-state index contributed by atoms with van der Waals surface area (Å²) in [5, 5.41) is 12.0. The van der Waals surface area contributed by atoms with Crippen LogP contribution in [0.4, 0.5) is 0 Å². The van der Waals surface area contributed by atoms with Crippen molar-refractivity contribution in [3.63, 3.8) is 0 Å². The quantitative estimate of drug-likeness (QED) is 0.248. The number of hydrogen-bond donors (Lipinski definition) is 2. The molecule has 0 spiro atoms. The number of unbranched alkanes of at least 4 members (excludes halogenated alkanes) is 9. The minimum Gasteiger partial charge on any atom is -0.396 e. The topological polar surface area (TPSA) is 32.3 Å². The van der Waals surface area contributed by atoms with Crippen LogP contribution in [-0.2, 0) is 0 Å². The maximum Gasteiger partial charge on any atom is 0.0443 e. The standard InChI is InChI=1S/C21H41NO/c1-2-3-4-5-6-7-8-9-10-11-12-13-14-15-16-17-19-22-20-18-21-23/h6-7,9-10,22-23H,2-5,8,11-21H2,1H3/b7-6+,10-9+. The highest BCUT2D eigenvalue weighted by Gasteiger charge is 1.91. The van der Waals surface area contributed by atoms with Gasteiger partial charge in [0.05, 0.1) is 0 Å². The molecule has 0 saturated heterocycles. The summed E-state index contributed by atoms with van der Waals surface area (Å²) in [4.78, 5) is 0. The highest BCUT2D eigenvalue weighted by molar-refractivity contribution is 4.92. The highest BCUT2D eigenvalue weighted by atomic mass is 16.3. The Morgan fingerprint density at radius 3 is 1.87 bits per heavy atom. The van der Waals surface area contributed by atoms with Crippen molar-refractivity contribution in [2.24, 2.45) is 0 Å². The molecule has 0 radical (unpaired) electrons. The van der Waals surface area contributed by atoms with E-state index in [1.807, 2.05) is 0 Å². The number of hydrogen-bond acceptors (Lipinski definition) is 2. The molecule has 0 saturated carbocycles. The van der Waals surface area contributed by atoms with E-state index in [-0.39, 0.29) is 0 Å². The van der Waals surface area contributed by atoms with Gasteiger partial charge in [0.1, 0.15) is 0 Å². The van der Waals surface area contributed by atoms with Crippen LogP contribution in [0.3, 0.4) is 0 Å². The summed E-state index contributed by atoms with van der Waals surface area (Å²) in [6, 6.07) is 0. The Labute approximate surface area is 145 Å². The van der Waals surface area contributed by atoms with Crippen molar-refractivity contribution in [3.8, 4) is 0 Å². The van der Waals surface area contributed by atoms with Crippen LogP contribution in [0, 0.1) is 0 Å². The van der Waals surface area contributed by atoms with Crippen LogP contribution in [0.5, 0.6) is 0 Å². The molecule has 0 rings (SSSR count). The fraction of sp³-hybridized carbons (Fsp3) is 0.810. The van der Waals surface area contributed by atoms with Crippen molar-refractivity contribution in [2.45, 2.75) is 90.4 Å². The molecule has 0 aromatic rings. The molecular formula is C21H41NO. The van der Waals surface area contributed by atoms with Gasteiger partial charge in [-0.2, -0.15) is 0 Å². The second-order valence-corrected chi connectivity index (χ2v) is 6.41. The molecule has 2 nitrogen and oxygen atoms in total. The van der Waals surface area contributed by atoms with E-state index in [0.717, 1.165) is 25.9 Å². The van der Waals surface area contributed by atoms with E-state index in [2.05, 4.69) is 36.5 Å². The number of rotatable bonds is 18. The molecule has 2 heteroatoms. The Kier molecular flexibility index (Phi) is 20.8. The Morgan fingerprint density at radius 1 is 0.652 bits per heavy atom. The average Bonchev–Trinajstić information content (AvgIpc) is 2.57. The zero-order valence-corrected chi connectivity index (χ0v) is 15.6. The van der Waals surface area contributed by atoms with E-state index in [1.165, 1.54) is 70.6 Å². The van der Waals surface area contributed by atoms with Gasteiger partial charge in [0, 0.05) is 6.61 Å². The molecule has 0 aliphatic rings. The molecule has 0 aromatic heterocycles. The van der Waals surface area contributed by atoms with Gasteiger partial charge in [0.15, 0.2) is 0 Å². The van der Waals surface area contributed by atoms with E-state index in [4.69, 9.17) is 5.11 Å². The second-order valence-electron chi connectivity index (χ2n) is 6.41. The zero-order chi connectivity index (χ0) is 16.8. The van der Waals surface area contributed by atoms with Gasteiger partial charge in [-0.3, -0.25) is 0 Å². The van der Waals surface area contributed by atoms with Crippen molar-refractivity contribution in [3.05, 3.63) is 24.3 Å². The van der Waals surface area contributed by atoms with E-state index in [1.54, 1.807) is 0 Å². The summed E-state index contributed by atoms with van der Waals surface area (Å²) < 4.78 is 0. The van der Waals surface area contributed by atoms with Gasteiger partial charge in [-0.15, -0.1) is 0 Å². The fourth-order valence-electron chi connectivity index (χ4n) is 2.57. The van der Waals surface area contributed by atoms with Crippen LogP contribution >= 0.6 is 0 Å². The highest BCUT2D eigenvalue weighted by Crippen LogP contribution is 2.07. The van der Waals surface area contributed by atoms with E-state index >= 15 is 0 Å². The smallest absolute Gasteiger partial charge is 0.0443 e. The summed E-state index contributed by atoms with van der Waals surface area (Å²) in [5.74, 6) is 0. The van der Waals surface area contributed by atoms with Crippen molar-refractivity contribution >= 4 is 0 Å². The minimum atomic E-state index is 0.302. The number of aliphatic hydroxyl groups is 1. The molecule has 2 N–H and O–H groups in total. The van der Waals surface area contributed by atoms with Gasteiger partial charge in [-0.1, -0.05) is 69.8 Å². The summed E-state index contributed by atoms with van der Waals surface area (Å²) in [5.41, 5.74) is 0. The fourth-order valence-corrected chi connectivity index (χ4v) is 2.57. The van der Waals surface area contributed by atoms with E-state index < -0.39 is 0 Å². The molecule has 0 unspecified atom stereocenters. The largest absolute Gasteiger partial charge is 0.396 e. The first kappa shape index (κ1) is 22.4. The third-order valence-corrected chi connectivity index (χ3v) is 4.07. The molecule has 0 heterocycles. The SMILES string of the molecule is CCCCC/C=C/C/C=C/CCCCCCCCNCCCO. The lowest BCUT2D eigenvalue weighted by atomic mass is 10.1. The van der Waals surface area contributed by atoms with Gasteiger partial charge >= 0.3 is 0 Å². The number of aliphatic hydroxyl groups excluding tert-OH is 1. The second kappa shape index (κ2) is 21.4. The van der Waals surface area contributed by atoms with Gasteiger partial charge in [0.2, 0.25) is 0 Å². The molecule has 136 valence electrons. The molecule has 0 aliphatic carbocycles. The van der Waals surface area contributed by atoms with E-state index in [0.29, 0.717) is 6.61 Å². The normalized spacial score (nSPS) is 11.9. The van der Waals surface area contributed by atoms with Crippen LogP contribution in [0.2, 0.25) is 0 Å². The van der Waals surface area contributed by atoms with Gasteiger partial charge in [0.25, 0.3) is 0 Å². The predicted molar refractivity (Wildman–Crippen MR) is 104 cm³/mol. The van der Waals surface area contributed by atoms with E-state index in [9.17, 15) is 0 Å². The Bertz CT molecular complexity index is 261. The first-order chi connectivity index (χ1) is 11.4. The summed E-state index contributed by atoms with van der Waals surface area (Å²) >= 11 is 0. The van der Waals surface area contributed by atoms with Gasteiger partial charge in [-0.05, 0) is 58.0 Å². The summed E-state index contributed by atoms with van der Waals surface area (Å²) in [6.45, 7) is 4.62. The first-order valence-electron chi connectivity index (χ1n) is 10.0. The lowest BCUT2D eigenvalue weighted by molar-refractivity contribution is 0.286. The zero-order valence-electron chi connectivity index (χ0n) is 15.6. The molecule has 0 fully saturated rings. The molecule has 0 aromatic carbocycles. The summed E-state index contributed by atoms with van der Waals surface area (Å²) in [7, 11) is 0. The lowest BCUT2D eigenvalue weighted by Crippen LogP contribution is -2.17. The maximum atomic E-state index is 8.66. The molecule has 0 atom stereocenters. The molecule has 0 aliphatic heterocycles. The lowest BCUT2D eigenvalue weighted by Gasteiger charge is -2.03. The van der Waals surface area contributed by atoms with Crippen molar-refractivity contribution in [1.29, 1.82) is 0 Å². The number of nitrogens with one attached hydrogen (secondary N) is 1. The summed E-state index contributed by atoms with van der Waals surface area (Å²) in [6.07, 6.45) is 25.9. The third kappa shape index (κ3) is 21.4. The third-order valence-electron chi connectivity index (χ3n) is 4.07. The molecular weight excluding hydrogens is 282 g/mol. The van der Waals surface area contributed by atoms with Crippen LogP contribution in [0.25, 0.3) is 0 Å². The van der Waals surface area contributed by atoms with Crippen LogP contribution in [0.15, 0.2) is 24.3 Å². The maximum absolute atomic E-state index is 8.66. The average molecular weight is 324 g/mol. The Balaban J connectivity index is 3.10. The molecule has 0 bridgehead atoms. The Hall–Kier alpha value is -0.600. The van der Waals surface area contributed by atoms with Gasteiger partial charge < -0.3 is 10.4 Å². The monoisotopic (exact) mass is 323 g/mol. The van der Waals surface area contributed by atoms with Gasteiger partial charge in [-0.25, -0.2) is 0 Å². The molecule has 0 amide bonds. The number of allylic oxidation sites excluding steroid dienone is 4. The Morgan fingerprint density at radius 2 is 1.22 bits per heavy atom.